The first-order valence-electron chi connectivity index (χ1n) is 12.3. The smallest absolute Gasteiger partial charge is 0.343 e. The summed E-state index contributed by atoms with van der Waals surface area (Å²) in [6, 6.07) is 22.7. The van der Waals surface area contributed by atoms with Crippen LogP contribution in [0.3, 0.4) is 0 Å². The van der Waals surface area contributed by atoms with Gasteiger partial charge in [0.05, 0.1) is 17.7 Å². The molecule has 12 heteroatoms. The highest BCUT2D eigenvalue weighted by atomic mass is 35.5. The van der Waals surface area contributed by atoms with Crippen LogP contribution in [0.1, 0.15) is 31.8 Å². The number of benzene rings is 4. The third kappa shape index (κ3) is 8.29. The molecule has 0 aliphatic rings. The van der Waals surface area contributed by atoms with Gasteiger partial charge in [0.25, 0.3) is 5.91 Å². The quantitative estimate of drug-likeness (QED) is 0.0923. The lowest BCUT2D eigenvalue weighted by atomic mass is 10.0. The van der Waals surface area contributed by atoms with Gasteiger partial charge in [-0.3, -0.25) is 14.4 Å². The molecule has 11 nitrogen and oxygen atoms in total. The van der Waals surface area contributed by atoms with E-state index in [-0.39, 0.29) is 36.9 Å². The van der Waals surface area contributed by atoms with Gasteiger partial charge in [-0.2, -0.15) is 0 Å². The Morgan fingerprint density at radius 3 is 1.95 bits per heavy atom. The van der Waals surface area contributed by atoms with Gasteiger partial charge in [-0.15, -0.1) is 12.4 Å². The highest BCUT2D eigenvalue weighted by Gasteiger charge is 2.20. The molecule has 0 unspecified atom stereocenters. The molecule has 0 aromatic heterocycles. The summed E-state index contributed by atoms with van der Waals surface area (Å²) in [4.78, 5) is 53.4. The van der Waals surface area contributed by atoms with Gasteiger partial charge >= 0.3 is 17.9 Å². The first-order chi connectivity index (χ1) is 19.6. The molecular formula is C30H27ClN4O7. The highest BCUT2D eigenvalue weighted by Crippen LogP contribution is 2.24. The number of carboxylic acids is 2. The van der Waals surface area contributed by atoms with Gasteiger partial charge in [-0.05, 0) is 70.4 Å². The number of nitrogens with two attached hydrogens (primary N) is 2. The maximum Gasteiger partial charge on any atom is 0.343 e. The van der Waals surface area contributed by atoms with E-state index in [1.807, 2.05) is 0 Å². The molecule has 0 aliphatic carbocycles. The van der Waals surface area contributed by atoms with E-state index in [0.717, 1.165) is 0 Å². The first kappa shape index (κ1) is 31.1. The number of esters is 1. The van der Waals surface area contributed by atoms with E-state index in [9.17, 15) is 24.3 Å². The molecule has 0 heterocycles. The average Bonchev–Trinajstić information content (AvgIpc) is 2.92. The number of carbonyl (C=O) groups is 4. The van der Waals surface area contributed by atoms with Crippen molar-refractivity contribution in [2.24, 2.45) is 16.5 Å². The van der Waals surface area contributed by atoms with Gasteiger partial charge in [0.1, 0.15) is 12.3 Å². The van der Waals surface area contributed by atoms with Crippen molar-refractivity contribution in [1.29, 1.82) is 0 Å². The summed E-state index contributed by atoms with van der Waals surface area (Å²) in [5, 5.41) is 19.7. The zero-order valence-electron chi connectivity index (χ0n) is 22.1. The van der Waals surface area contributed by atoms with Gasteiger partial charge in [-0.25, -0.2) is 9.79 Å². The van der Waals surface area contributed by atoms with Crippen LogP contribution in [0.2, 0.25) is 0 Å². The topological polar surface area (TPSA) is 186 Å². The van der Waals surface area contributed by atoms with Crippen LogP contribution in [0, 0.1) is 0 Å². The number of halogens is 1. The lowest BCUT2D eigenvalue weighted by molar-refractivity contribution is -0.138. The van der Waals surface area contributed by atoms with Gasteiger partial charge in [0, 0.05) is 12.1 Å². The monoisotopic (exact) mass is 590 g/mol. The van der Waals surface area contributed by atoms with Gasteiger partial charge < -0.3 is 31.3 Å². The van der Waals surface area contributed by atoms with E-state index < -0.39 is 30.4 Å². The summed E-state index contributed by atoms with van der Waals surface area (Å²) < 4.78 is 5.49. The van der Waals surface area contributed by atoms with E-state index in [1.54, 1.807) is 72.8 Å². The molecule has 6 N–H and O–H groups in total. The predicted octanol–water partition coefficient (Wildman–Crippen LogP) is 3.74. The number of rotatable bonds is 10. The van der Waals surface area contributed by atoms with Crippen molar-refractivity contribution < 1.29 is 34.1 Å². The minimum atomic E-state index is -1.17. The SMILES string of the molecule is Cl.NC(N)=Nc1ccc(C(=O)Oc2ccc3cc(C(=O)N(CC(=O)O)Cc4ccc(CC(=O)O)cc4)ccc3c2)cc1. The largest absolute Gasteiger partial charge is 0.481 e. The summed E-state index contributed by atoms with van der Waals surface area (Å²) in [6.45, 7) is -0.492. The number of aliphatic imine (C=N–C) groups is 1. The van der Waals surface area contributed by atoms with Gasteiger partial charge in [0.15, 0.2) is 5.96 Å². The van der Waals surface area contributed by atoms with Gasteiger partial charge in [-0.1, -0.05) is 36.4 Å². The van der Waals surface area contributed by atoms with E-state index in [1.165, 1.54) is 17.0 Å². The normalized spacial score (nSPS) is 10.3. The lowest BCUT2D eigenvalue weighted by Crippen LogP contribution is -2.35. The van der Waals surface area contributed by atoms with Crippen LogP contribution in [0.15, 0.2) is 89.9 Å². The minimum Gasteiger partial charge on any atom is -0.481 e. The summed E-state index contributed by atoms with van der Waals surface area (Å²) in [6.07, 6.45) is -0.135. The van der Waals surface area contributed by atoms with Crippen LogP contribution in [0.4, 0.5) is 5.69 Å². The number of guanidine groups is 1. The van der Waals surface area contributed by atoms with Crippen molar-refractivity contribution in [3.05, 3.63) is 107 Å². The van der Waals surface area contributed by atoms with Crippen molar-refractivity contribution in [1.82, 2.24) is 4.90 Å². The Morgan fingerprint density at radius 2 is 1.33 bits per heavy atom. The summed E-state index contributed by atoms with van der Waals surface area (Å²) in [5.74, 6) is -2.98. The van der Waals surface area contributed by atoms with E-state index >= 15 is 0 Å². The number of ether oxygens (including phenoxy) is 1. The molecule has 1 amide bonds. The van der Waals surface area contributed by atoms with Crippen LogP contribution >= 0.6 is 12.4 Å². The zero-order valence-corrected chi connectivity index (χ0v) is 22.9. The van der Waals surface area contributed by atoms with Crippen LogP contribution in [0.5, 0.6) is 5.75 Å². The van der Waals surface area contributed by atoms with Crippen molar-refractivity contribution >= 4 is 58.6 Å². The maximum absolute atomic E-state index is 13.3. The molecule has 42 heavy (non-hydrogen) atoms. The molecular weight excluding hydrogens is 564 g/mol. The third-order valence-electron chi connectivity index (χ3n) is 6.00. The second kappa shape index (κ2) is 13.8. The lowest BCUT2D eigenvalue weighted by Gasteiger charge is -2.21. The van der Waals surface area contributed by atoms with E-state index in [2.05, 4.69) is 4.99 Å². The van der Waals surface area contributed by atoms with E-state index in [4.69, 9.17) is 21.3 Å². The van der Waals surface area contributed by atoms with Gasteiger partial charge in [0.2, 0.25) is 0 Å². The standard InChI is InChI=1S/C30H26N4O7.ClH/c31-30(32)33-24-10-7-20(8-11-24)29(40)41-25-12-9-21-14-23(6-5-22(21)15-25)28(39)34(17-27(37)38)16-19-3-1-18(2-4-19)13-26(35)36;/h1-12,14-15H,13,16-17H2,(H,35,36)(H,37,38)(H4,31,32,33);1H. The molecule has 216 valence electrons. The fraction of sp³-hybridized carbons (Fsp3) is 0.100. The molecule has 0 spiro atoms. The predicted molar refractivity (Wildman–Crippen MR) is 158 cm³/mol. The molecule has 0 radical (unpaired) electrons. The number of carboxylic acid groups (broad SMARTS) is 2. The average molecular weight is 591 g/mol. The molecule has 4 aromatic rings. The molecule has 0 aliphatic heterocycles. The number of aliphatic carboxylic acids is 2. The highest BCUT2D eigenvalue weighted by molar-refractivity contribution is 6.00. The summed E-state index contributed by atoms with van der Waals surface area (Å²) in [7, 11) is 0. The minimum absolute atomic E-state index is 0. The van der Waals surface area contributed by atoms with Crippen LogP contribution in [-0.2, 0) is 22.6 Å². The Hall–Kier alpha value is -5.42. The second-order valence-electron chi connectivity index (χ2n) is 9.14. The number of fused-ring (bicyclic) bond motifs is 1. The van der Waals surface area contributed by atoms with Crippen LogP contribution < -0.4 is 16.2 Å². The second-order valence-corrected chi connectivity index (χ2v) is 9.14. The van der Waals surface area contributed by atoms with Crippen LogP contribution in [-0.4, -0.2) is 51.4 Å². The molecule has 4 aromatic carbocycles. The molecule has 0 atom stereocenters. The maximum atomic E-state index is 13.3. The Labute approximate surface area is 246 Å². The molecule has 0 saturated carbocycles. The molecule has 0 bridgehead atoms. The Balaban J connectivity index is 0.00000484. The number of hydrogen-bond donors (Lipinski definition) is 4. The third-order valence-corrected chi connectivity index (χ3v) is 6.00. The van der Waals surface area contributed by atoms with Crippen molar-refractivity contribution in [3.8, 4) is 5.75 Å². The Kier molecular flexibility index (Phi) is 10.2. The summed E-state index contributed by atoms with van der Waals surface area (Å²) >= 11 is 0. The van der Waals surface area contributed by atoms with Crippen molar-refractivity contribution in [3.63, 3.8) is 0 Å². The Morgan fingerprint density at radius 1 is 0.738 bits per heavy atom. The summed E-state index contributed by atoms with van der Waals surface area (Å²) in [5.41, 5.74) is 13.0. The fourth-order valence-electron chi connectivity index (χ4n) is 4.11. The number of amides is 1. The number of hydrogen-bond acceptors (Lipinski definition) is 6. The van der Waals surface area contributed by atoms with Crippen molar-refractivity contribution in [2.45, 2.75) is 13.0 Å². The molecule has 0 fully saturated rings. The first-order valence-corrected chi connectivity index (χ1v) is 12.3. The fourth-order valence-corrected chi connectivity index (χ4v) is 4.11. The number of carbonyl (C=O) groups excluding carboxylic acids is 2. The number of nitrogens with zero attached hydrogens (tertiary/aromatic N) is 2. The van der Waals surface area contributed by atoms with E-state index in [0.29, 0.717) is 38.9 Å². The molecule has 0 saturated heterocycles. The molecule has 4 rings (SSSR count). The Bertz CT molecular complexity index is 1650. The van der Waals surface area contributed by atoms with Crippen LogP contribution in [0.25, 0.3) is 10.8 Å². The zero-order chi connectivity index (χ0) is 29.5. The van der Waals surface area contributed by atoms with Crippen molar-refractivity contribution in [2.75, 3.05) is 6.54 Å².